The van der Waals surface area contributed by atoms with Gasteiger partial charge in [0.1, 0.15) is 18.1 Å². The van der Waals surface area contributed by atoms with Crippen molar-refractivity contribution in [2.75, 3.05) is 30.0 Å². The number of carbonyl (C=O) groups is 2. The SMILES string of the molecule is Cc1ccc(OCCN2C(=O)COc3ccc(NC(=O)C4CC4)cc32)cc1. The maximum Gasteiger partial charge on any atom is 0.265 e. The summed E-state index contributed by atoms with van der Waals surface area (Å²) in [6.07, 6.45) is 1.89. The van der Waals surface area contributed by atoms with Crippen molar-refractivity contribution in [3.63, 3.8) is 0 Å². The van der Waals surface area contributed by atoms with Crippen LogP contribution in [0.1, 0.15) is 18.4 Å². The molecule has 2 amide bonds. The molecule has 1 saturated carbocycles. The number of rotatable bonds is 6. The van der Waals surface area contributed by atoms with Crippen molar-refractivity contribution in [3.05, 3.63) is 48.0 Å². The summed E-state index contributed by atoms with van der Waals surface area (Å²) in [5.41, 5.74) is 2.50. The Balaban J connectivity index is 1.45. The first-order chi connectivity index (χ1) is 13.1. The van der Waals surface area contributed by atoms with Crippen LogP contribution in [-0.2, 0) is 9.59 Å². The molecule has 1 aliphatic heterocycles. The maximum atomic E-state index is 12.4. The van der Waals surface area contributed by atoms with Gasteiger partial charge in [-0.2, -0.15) is 0 Å². The zero-order chi connectivity index (χ0) is 18.8. The number of benzene rings is 2. The van der Waals surface area contributed by atoms with Gasteiger partial charge in [-0.25, -0.2) is 0 Å². The summed E-state index contributed by atoms with van der Waals surface area (Å²) in [6.45, 7) is 2.80. The summed E-state index contributed by atoms with van der Waals surface area (Å²) in [5.74, 6) is 1.44. The highest BCUT2D eigenvalue weighted by Gasteiger charge is 2.30. The molecular formula is C21H22N2O4. The lowest BCUT2D eigenvalue weighted by Crippen LogP contribution is -2.41. The van der Waals surface area contributed by atoms with E-state index < -0.39 is 0 Å². The van der Waals surface area contributed by atoms with E-state index in [0.29, 0.717) is 30.3 Å². The van der Waals surface area contributed by atoms with E-state index in [1.54, 1.807) is 23.1 Å². The number of hydrogen-bond acceptors (Lipinski definition) is 4. The van der Waals surface area contributed by atoms with Crippen LogP contribution in [0.15, 0.2) is 42.5 Å². The van der Waals surface area contributed by atoms with Crippen molar-refractivity contribution >= 4 is 23.2 Å². The number of nitrogens with zero attached hydrogens (tertiary/aromatic N) is 1. The monoisotopic (exact) mass is 366 g/mol. The quantitative estimate of drug-likeness (QED) is 0.853. The molecule has 0 bridgehead atoms. The molecule has 27 heavy (non-hydrogen) atoms. The van der Waals surface area contributed by atoms with Crippen molar-refractivity contribution < 1.29 is 19.1 Å². The molecule has 0 saturated heterocycles. The number of anilines is 2. The first-order valence-electron chi connectivity index (χ1n) is 9.18. The molecule has 0 spiro atoms. The minimum atomic E-state index is -0.124. The third-order valence-corrected chi connectivity index (χ3v) is 4.72. The molecule has 6 nitrogen and oxygen atoms in total. The van der Waals surface area contributed by atoms with Crippen LogP contribution in [0, 0.1) is 12.8 Å². The van der Waals surface area contributed by atoms with Gasteiger partial charge in [-0.15, -0.1) is 0 Å². The number of carbonyl (C=O) groups excluding carboxylic acids is 2. The topological polar surface area (TPSA) is 67.9 Å². The summed E-state index contributed by atoms with van der Waals surface area (Å²) in [5, 5.41) is 2.91. The fraction of sp³-hybridized carbons (Fsp3) is 0.333. The smallest absolute Gasteiger partial charge is 0.265 e. The van der Waals surface area contributed by atoms with E-state index in [0.717, 1.165) is 18.6 Å². The third-order valence-electron chi connectivity index (χ3n) is 4.72. The van der Waals surface area contributed by atoms with Gasteiger partial charge in [0.25, 0.3) is 5.91 Å². The number of fused-ring (bicyclic) bond motifs is 1. The Bertz CT molecular complexity index is 859. The van der Waals surface area contributed by atoms with Gasteiger partial charge in [0.2, 0.25) is 5.91 Å². The van der Waals surface area contributed by atoms with Gasteiger partial charge in [-0.05, 0) is 50.1 Å². The lowest BCUT2D eigenvalue weighted by atomic mass is 10.2. The molecule has 1 heterocycles. The van der Waals surface area contributed by atoms with E-state index in [1.165, 1.54) is 5.56 Å². The molecule has 1 N–H and O–H groups in total. The zero-order valence-electron chi connectivity index (χ0n) is 15.2. The molecule has 0 radical (unpaired) electrons. The fourth-order valence-corrected chi connectivity index (χ4v) is 3.00. The first kappa shape index (κ1) is 17.4. The normalized spacial score (nSPS) is 15.7. The first-order valence-corrected chi connectivity index (χ1v) is 9.18. The van der Waals surface area contributed by atoms with E-state index in [2.05, 4.69) is 5.32 Å². The number of nitrogens with one attached hydrogen (secondary N) is 1. The van der Waals surface area contributed by atoms with Crippen LogP contribution in [0.2, 0.25) is 0 Å². The van der Waals surface area contributed by atoms with E-state index >= 15 is 0 Å². The molecule has 0 unspecified atom stereocenters. The molecule has 2 aliphatic rings. The van der Waals surface area contributed by atoms with Crippen molar-refractivity contribution in [3.8, 4) is 11.5 Å². The summed E-state index contributed by atoms with van der Waals surface area (Å²) >= 11 is 0. The van der Waals surface area contributed by atoms with Crippen LogP contribution in [0.4, 0.5) is 11.4 Å². The third kappa shape index (κ3) is 4.05. The van der Waals surface area contributed by atoms with Crippen LogP contribution in [0.5, 0.6) is 11.5 Å². The van der Waals surface area contributed by atoms with Crippen LogP contribution in [0.25, 0.3) is 0 Å². The summed E-state index contributed by atoms with van der Waals surface area (Å²) in [6, 6.07) is 13.2. The van der Waals surface area contributed by atoms with Crippen LogP contribution in [0.3, 0.4) is 0 Å². The number of hydrogen-bond donors (Lipinski definition) is 1. The van der Waals surface area contributed by atoms with Gasteiger partial charge in [0, 0.05) is 11.6 Å². The standard InChI is InChI=1S/C21H22N2O4/c1-14-2-7-17(8-3-14)26-11-10-23-18-12-16(22-21(25)15-4-5-15)6-9-19(18)27-13-20(23)24/h2-3,6-9,12,15H,4-5,10-11,13H2,1H3,(H,22,25). The summed E-state index contributed by atoms with van der Waals surface area (Å²) < 4.78 is 11.3. The molecule has 1 aliphatic carbocycles. The Morgan fingerprint density at radius 3 is 2.74 bits per heavy atom. The minimum absolute atomic E-state index is 0.00527. The average Bonchev–Trinajstić information content (AvgIpc) is 3.50. The second-order valence-corrected chi connectivity index (χ2v) is 6.94. The van der Waals surface area contributed by atoms with Gasteiger partial charge in [-0.3, -0.25) is 9.59 Å². The summed E-state index contributed by atoms with van der Waals surface area (Å²) in [4.78, 5) is 26.0. The molecule has 1 fully saturated rings. The Kier molecular flexibility index (Phi) is 4.71. The number of ether oxygens (including phenoxy) is 2. The highest BCUT2D eigenvalue weighted by Crippen LogP contribution is 2.36. The number of amides is 2. The van der Waals surface area contributed by atoms with Gasteiger partial charge < -0.3 is 19.7 Å². The largest absolute Gasteiger partial charge is 0.492 e. The van der Waals surface area contributed by atoms with Crippen LogP contribution < -0.4 is 19.7 Å². The Labute approximate surface area is 158 Å². The lowest BCUT2D eigenvalue weighted by molar-refractivity contribution is -0.121. The molecule has 0 atom stereocenters. The predicted octanol–water partition coefficient (Wildman–Crippen LogP) is 3.15. The predicted molar refractivity (Wildman–Crippen MR) is 102 cm³/mol. The lowest BCUT2D eigenvalue weighted by Gasteiger charge is -2.29. The second kappa shape index (κ2) is 7.31. The van der Waals surface area contributed by atoms with E-state index in [9.17, 15) is 9.59 Å². The summed E-state index contributed by atoms with van der Waals surface area (Å²) in [7, 11) is 0. The van der Waals surface area contributed by atoms with Gasteiger partial charge >= 0.3 is 0 Å². The molecule has 4 rings (SSSR count). The van der Waals surface area contributed by atoms with Gasteiger partial charge in [0.05, 0.1) is 12.2 Å². The highest BCUT2D eigenvalue weighted by molar-refractivity contribution is 6.00. The molecule has 2 aromatic carbocycles. The molecular weight excluding hydrogens is 344 g/mol. The van der Waals surface area contributed by atoms with Crippen LogP contribution in [-0.4, -0.2) is 31.6 Å². The zero-order valence-corrected chi connectivity index (χ0v) is 15.2. The van der Waals surface area contributed by atoms with E-state index in [-0.39, 0.29) is 24.3 Å². The van der Waals surface area contributed by atoms with Crippen molar-refractivity contribution in [2.45, 2.75) is 19.8 Å². The van der Waals surface area contributed by atoms with E-state index in [1.807, 2.05) is 31.2 Å². The Morgan fingerprint density at radius 2 is 2.00 bits per heavy atom. The van der Waals surface area contributed by atoms with Crippen LogP contribution >= 0.6 is 0 Å². The molecule has 140 valence electrons. The van der Waals surface area contributed by atoms with Crippen molar-refractivity contribution in [2.24, 2.45) is 5.92 Å². The van der Waals surface area contributed by atoms with Crippen molar-refractivity contribution in [1.82, 2.24) is 0 Å². The molecule has 0 aromatic heterocycles. The van der Waals surface area contributed by atoms with Gasteiger partial charge in [0.15, 0.2) is 6.61 Å². The van der Waals surface area contributed by atoms with E-state index in [4.69, 9.17) is 9.47 Å². The molecule has 6 heteroatoms. The minimum Gasteiger partial charge on any atom is -0.492 e. The fourth-order valence-electron chi connectivity index (χ4n) is 3.00. The maximum absolute atomic E-state index is 12.4. The Morgan fingerprint density at radius 1 is 1.22 bits per heavy atom. The van der Waals surface area contributed by atoms with Crippen molar-refractivity contribution in [1.29, 1.82) is 0 Å². The molecule has 2 aromatic rings. The van der Waals surface area contributed by atoms with Gasteiger partial charge in [-0.1, -0.05) is 17.7 Å². The average molecular weight is 366 g/mol. The number of aryl methyl sites for hydroxylation is 1. The highest BCUT2D eigenvalue weighted by atomic mass is 16.5. The Hall–Kier alpha value is -3.02. The second-order valence-electron chi connectivity index (χ2n) is 6.94.